The Balaban J connectivity index is 1.75. The van der Waals surface area contributed by atoms with Crippen LogP contribution in [0.3, 0.4) is 0 Å². The maximum Gasteiger partial charge on any atom is 0.329 e. The van der Waals surface area contributed by atoms with Gasteiger partial charge in [0.25, 0.3) is 5.91 Å². The van der Waals surface area contributed by atoms with E-state index in [1.54, 1.807) is 24.3 Å². The van der Waals surface area contributed by atoms with Crippen molar-refractivity contribution in [3.05, 3.63) is 52.7 Å². The number of ether oxygens (including phenoxy) is 2. The number of nitrogens with zero attached hydrogens (tertiary/aromatic N) is 1. The van der Waals surface area contributed by atoms with Crippen molar-refractivity contribution in [2.45, 2.75) is 0 Å². The minimum atomic E-state index is -0.727. The number of methoxy groups -OCH3 is 2. The molecular weight excluding hydrogens is 414 g/mol. The van der Waals surface area contributed by atoms with Crippen LogP contribution in [0, 0.1) is 0 Å². The Bertz CT molecular complexity index is 1010. The van der Waals surface area contributed by atoms with Crippen molar-refractivity contribution < 1.29 is 29.0 Å². The lowest BCUT2D eigenvalue weighted by Gasteiger charge is -2.12. The molecule has 0 bridgehead atoms. The van der Waals surface area contributed by atoms with Crippen molar-refractivity contribution in [2.75, 3.05) is 26.1 Å². The van der Waals surface area contributed by atoms with Crippen LogP contribution in [0.15, 0.2) is 42.1 Å². The van der Waals surface area contributed by atoms with Crippen LogP contribution in [0.4, 0.5) is 10.5 Å². The number of aromatic hydroxyl groups is 1. The molecule has 30 heavy (non-hydrogen) atoms. The second-order valence-corrected chi connectivity index (χ2v) is 6.64. The molecule has 0 unspecified atom stereocenters. The molecule has 1 aliphatic rings. The first kappa shape index (κ1) is 21.0. The first-order chi connectivity index (χ1) is 14.3. The second kappa shape index (κ2) is 8.75. The lowest BCUT2D eigenvalue weighted by atomic mass is 10.1. The molecule has 2 aromatic carbocycles. The highest BCUT2D eigenvalue weighted by Crippen LogP contribution is 2.37. The van der Waals surface area contributed by atoms with E-state index >= 15 is 0 Å². The molecule has 2 aromatic rings. The number of imide groups is 1. The Labute approximate surface area is 176 Å². The number of phenolic OH excluding ortho intramolecular Hbond substituents is 1. The summed E-state index contributed by atoms with van der Waals surface area (Å²) in [6.45, 7) is -0.465. The fourth-order valence-corrected chi connectivity index (χ4v) is 2.88. The number of carbonyl (C=O) groups is 3. The van der Waals surface area contributed by atoms with Crippen molar-refractivity contribution in [2.24, 2.45) is 0 Å². The van der Waals surface area contributed by atoms with E-state index < -0.39 is 24.4 Å². The van der Waals surface area contributed by atoms with E-state index in [9.17, 15) is 19.5 Å². The Kier molecular flexibility index (Phi) is 6.12. The minimum Gasteiger partial charge on any atom is -0.502 e. The van der Waals surface area contributed by atoms with E-state index in [2.05, 4.69) is 10.6 Å². The average Bonchev–Trinajstić information content (AvgIpc) is 2.98. The molecule has 1 heterocycles. The van der Waals surface area contributed by atoms with Gasteiger partial charge in [-0.3, -0.25) is 9.59 Å². The summed E-state index contributed by atoms with van der Waals surface area (Å²) in [6, 6.07) is 8.62. The molecule has 0 aromatic heterocycles. The Morgan fingerprint density at radius 1 is 1.17 bits per heavy atom. The number of hydrogen-bond acceptors (Lipinski definition) is 6. The molecule has 4 amide bonds. The predicted molar refractivity (Wildman–Crippen MR) is 110 cm³/mol. The van der Waals surface area contributed by atoms with Gasteiger partial charge < -0.3 is 25.2 Å². The second-order valence-electron chi connectivity index (χ2n) is 6.21. The van der Waals surface area contributed by atoms with E-state index in [1.807, 2.05) is 0 Å². The van der Waals surface area contributed by atoms with Gasteiger partial charge in [-0.15, -0.1) is 0 Å². The number of hydrogen-bond donors (Lipinski definition) is 3. The van der Waals surface area contributed by atoms with Gasteiger partial charge in [0.15, 0.2) is 11.5 Å². The van der Waals surface area contributed by atoms with Crippen LogP contribution < -0.4 is 20.1 Å². The van der Waals surface area contributed by atoms with E-state index in [0.29, 0.717) is 16.3 Å². The molecule has 0 aliphatic carbocycles. The molecule has 10 heteroatoms. The predicted octanol–water partition coefficient (Wildman–Crippen LogP) is 2.59. The summed E-state index contributed by atoms with van der Waals surface area (Å²) in [7, 11) is 2.74. The minimum absolute atomic E-state index is 0.0333. The standard InChI is InChI=1S/C20H18ClN3O6/c1-29-15-8-11(9-16(30-2)18(15)26)7-14-19(27)24(20(28)23-14)10-17(25)22-13-5-3-12(21)4-6-13/h3-9,26H,10H2,1-2H3,(H,22,25)(H,23,28)/b14-7-. The smallest absolute Gasteiger partial charge is 0.329 e. The molecule has 0 atom stereocenters. The number of carbonyl (C=O) groups excluding carboxylic acids is 3. The highest BCUT2D eigenvalue weighted by molar-refractivity contribution is 6.30. The number of benzene rings is 2. The molecule has 0 saturated carbocycles. The Morgan fingerprint density at radius 3 is 2.33 bits per heavy atom. The zero-order valence-electron chi connectivity index (χ0n) is 16.1. The van der Waals surface area contributed by atoms with Gasteiger partial charge in [-0.25, -0.2) is 9.69 Å². The number of halogens is 1. The zero-order chi connectivity index (χ0) is 21.8. The summed E-state index contributed by atoms with van der Waals surface area (Å²) in [5, 5.41) is 15.5. The van der Waals surface area contributed by atoms with Crippen LogP contribution >= 0.6 is 11.6 Å². The average molecular weight is 432 g/mol. The van der Waals surface area contributed by atoms with Gasteiger partial charge in [0.05, 0.1) is 14.2 Å². The van der Waals surface area contributed by atoms with Crippen LogP contribution in [-0.4, -0.2) is 48.6 Å². The topological polar surface area (TPSA) is 117 Å². The fourth-order valence-electron chi connectivity index (χ4n) is 2.76. The molecule has 9 nitrogen and oxygen atoms in total. The van der Waals surface area contributed by atoms with E-state index in [1.165, 1.54) is 32.4 Å². The molecule has 0 spiro atoms. The summed E-state index contributed by atoms with van der Waals surface area (Å²) in [5.41, 5.74) is 0.891. The van der Waals surface area contributed by atoms with Crippen LogP contribution in [-0.2, 0) is 9.59 Å². The van der Waals surface area contributed by atoms with E-state index in [0.717, 1.165) is 4.90 Å². The number of anilines is 1. The van der Waals surface area contributed by atoms with E-state index in [-0.39, 0.29) is 22.9 Å². The molecule has 3 rings (SSSR count). The molecule has 0 radical (unpaired) electrons. The molecule has 156 valence electrons. The van der Waals surface area contributed by atoms with Gasteiger partial charge in [-0.05, 0) is 48.0 Å². The maximum absolute atomic E-state index is 12.6. The van der Waals surface area contributed by atoms with Crippen LogP contribution in [0.2, 0.25) is 5.02 Å². The molecule has 1 fully saturated rings. The fraction of sp³-hybridized carbons (Fsp3) is 0.150. The summed E-state index contributed by atoms with van der Waals surface area (Å²) < 4.78 is 10.2. The van der Waals surface area contributed by atoms with Crippen molar-refractivity contribution in [3.8, 4) is 17.2 Å². The summed E-state index contributed by atoms with van der Waals surface area (Å²) >= 11 is 5.80. The van der Waals surface area contributed by atoms with Crippen molar-refractivity contribution in [3.63, 3.8) is 0 Å². The third-order valence-corrected chi connectivity index (χ3v) is 4.46. The summed E-state index contributed by atoms with van der Waals surface area (Å²) in [5.74, 6) is -1.13. The number of rotatable bonds is 6. The first-order valence-electron chi connectivity index (χ1n) is 8.67. The lowest BCUT2D eigenvalue weighted by molar-refractivity contribution is -0.127. The maximum atomic E-state index is 12.6. The third kappa shape index (κ3) is 4.47. The van der Waals surface area contributed by atoms with Crippen molar-refractivity contribution in [1.29, 1.82) is 0 Å². The number of amides is 4. The van der Waals surface area contributed by atoms with Crippen molar-refractivity contribution >= 4 is 41.2 Å². The quantitative estimate of drug-likeness (QED) is 0.478. The first-order valence-corrected chi connectivity index (χ1v) is 9.05. The SMILES string of the molecule is COc1cc(/C=C2\NC(=O)N(CC(=O)Nc3ccc(Cl)cc3)C2=O)cc(OC)c1O. The van der Waals surface area contributed by atoms with Gasteiger partial charge in [-0.1, -0.05) is 11.6 Å². The third-order valence-electron chi connectivity index (χ3n) is 4.21. The Hall–Kier alpha value is -3.72. The van der Waals surface area contributed by atoms with Gasteiger partial charge in [-0.2, -0.15) is 0 Å². The Morgan fingerprint density at radius 2 is 1.77 bits per heavy atom. The number of phenols is 1. The van der Waals surface area contributed by atoms with Gasteiger partial charge in [0, 0.05) is 10.7 Å². The molecule has 1 aliphatic heterocycles. The summed E-state index contributed by atoms with van der Waals surface area (Å²) in [6.07, 6.45) is 1.39. The highest BCUT2D eigenvalue weighted by atomic mass is 35.5. The van der Waals surface area contributed by atoms with Crippen LogP contribution in [0.1, 0.15) is 5.56 Å². The normalized spacial score (nSPS) is 14.6. The zero-order valence-corrected chi connectivity index (χ0v) is 16.8. The highest BCUT2D eigenvalue weighted by Gasteiger charge is 2.35. The molecule has 3 N–H and O–H groups in total. The number of urea groups is 1. The number of nitrogens with one attached hydrogen (secondary N) is 2. The van der Waals surface area contributed by atoms with Crippen molar-refractivity contribution in [1.82, 2.24) is 10.2 Å². The van der Waals surface area contributed by atoms with Gasteiger partial charge in [0.2, 0.25) is 11.7 Å². The van der Waals surface area contributed by atoms with Crippen LogP contribution in [0.5, 0.6) is 17.2 Å². The monoisotopic (exact) mass is 431 g/mol. The van der Waals surface area contributed by atoms with E-state index in [4.69, 9.17) is 21.1 Å². The lowest BCUT2D eigenvalue weighted by Crippen LogP contribution is -2.38. The van der Waals surface area contributed by atoms with Crippen LogP contribution in [0.25, 0.3) is 6.08 Å². The summed E-state index contributed by atoms with van der Waals surface area (Å²) in [4.78, 5) is 37.8. The molecule has 1 saturated heterocycles. The molecular formula is C20H18ClN3O6. The van der Waals surface area contributed by atoms with Gasteiger partial charge >= 0.3 is 6.03 Å². The largest absolute Gasteiger partial charge is 0.502 e. The van der Waals surface area contributed by atoms with Gasteiger partial charge in [0.1, 0.15) is 12.2 Å².